The molecule has 0 fully saturated rings. The number of aromatic nitrogens is 2. The fourth-order valence-electron chi connectivity index (χ4n) is 0.763. The quantitative estimate of drug-likeness (QED) is 0.799. The van der Waals surface area contributed by atoms with Crippen LogP contribution in [0.15, 0.2) is 12.1 Å². The summed E-state index contributed by atoms with van der Waals surface area (Å²) in [5.41, 5.74) is 5.44. The molecule has 0 unspecified atom stereocenters. The number of nitrogens with zero attached hydrogens (tertiary/aromatic N) is 2. The van der Waals surface area contributed by atoms with Gasteiger partial charge in [0.25, 0.3) is 0 Å². The van der Waals surface area contributed by atoms with Crippen molar-refractivity contribution in [3.63, 3.8) is 0 Å². The van der Waals surface area contributed by atoms with E-state index in [1.807, 2.05) is 12.1 Å². The second-order valence-electron chi connectivity index (χ2n) is 2.05. The first-order chi connectivity index (χ1) is 5.75. The highest BCUT2D eigenvalue weighted by Crippen LogP contribution is 2.33. The maximum Gasteiger partial charge on any atom is 0.203 e. The van der Waals surface area contributed by atoms with E-state index in [9.17, 15) is 0 Å². The van der Waals surface area contributed by atoms with Crippen molar-refractivity contribution in [2.24, 2.45) is 0 Å². The van der Waals surface area contributed by atoms with Gasteiger partial charge in [-0.15, -0.1) is 21.5 Å². The Kier molecular flexibility index (Phi) is 2.00. The topological polar surface area (TPSA) is 51.8 Å². The highest BCUT2D eigenvalue weighted by molar-refractivity contribution is 7.25. The van der Waals surface area contributed by atoms with Crippen LogP contribution in [0.2, 0.25) is 4.34 Å². The molecular weight excluding hydrogens is 214 g/mol. The minimum Gasteiger partial charge on any atom is -0.374 e. The summed E-state index contributed by atoms with van der Waals surface area (Å²) in [6.07, 6.45) is 0. The lowest BCUT2D eigenvalue weighted by Crippen LogP contribution is -1.79. The minimum absolute atomic E-state index is 0.481. The van der Waals surface area contributed by atoms with Crippen LogP contribution in [0.3, 0.4) is 0 Å². The van der Waals surface area contributed by atoms with Crippen molar-refractivity contribution in [2.75, 3.05) is 5.73 Å². The Labute approximate surface area is 81.8 Å². The molecule has 2 N–H and O–H groups in total. The van der Waals surface area contributed by atoms with Gasteiger partial charge in [0.15, 0.2) is 5.01 Å². The highest BCUT2D eigenvalue weighted by Gasteiger charge is 2.06. The summed E-state index contributed by atoms with van der Waals surface area (Å²) < 4.78 is 0.749. The molecule has 0 aliphatic rings. The van der Waals surface area contributed by atoms with Crippen LogP contribution in [0.25, 0.3) is 9.88 Å². The van der Waals surface area contributed by atoms with E-state index in [2.05, 4.69) is 10.2 Å². The second kappa shape index (κ2) is 3.01. The van der Waals surface area contributed by atoms with Gasteiger partial charge in [-0.3, -0.25) is 0 Å². The van der Waals surface area contributed by atoms with Crippen molar-refractivity contribution in [2.45, 2.75) is 0 Å². The average molecular weight is 218 g/mol. The van der Waals surface area contributed by atoms with Crippen LogP contribution in [0.5, 0.6) is 0 Å². The molecule has 0 radical (unpaired) electrons. The van der Waals surface area contributed by atoms with Crippen molar-refractivity contribution in [3.05, 3.63) is 16.5 Å². The van der Waals surface area contributed by atoms with E-state index in [0.717, 1.165) is 14.2 Å². The molecule has 2 aromatic heterocycles. The molecule has 0 atom stereocenters. The van der Waals surface area contributed by atoms with Crippen LogP contribution in [-0.2, 0) is 0 Å². The summed E-state index contributed by atoms with van der Waals surface area (Å²) in [7, 11) is 0. The van der Waals surface area contributed by atoms with E-state index in [0.29, 0.717) is 5.13 Å². The molecule has 6 heteroatoms. The van der Waals surface area contributed by atoms with E-state index in [4.69, 9.17) is 17.3 Å². The number of nitrogen functional groups attached to an aromatic ring is 1. The van der Waals surface area contributed by atoms with Crippen LogP contribution in [0.4, 0.5) is 5.13 Å². The lowest BCUT2D eigenvalue weighted by Gasteiger charge is -1.82. The summed E-state index contributed by atoms with van der Waals surface area (Å²) in [6.45, 7) is 0. The number of anilines is 1. The predicted molar refractivity (Wildman–Crippen MR) is 52.6 cm³/mol. The fraction of sp³-hybridized carbons (Fsp3) is 0. The van der Waals surface area contributed by atoms with E-state index < -0.39 is 0 Å². The highest BCUT2D eigenvalue weighted by atomic mass is 35.5. The third-order valence-corrected chi connectivity index (χ3v) is 3.38. The normalized spacial score (nSPS) is 10.4. The van der Waals surface area contributed by atoms with Gasteiger partial charge in [0, 0.05) is 0 Å². The fourth-order valence-corrected chi connectivity index (χ4v) is 2.47. The Balaban J connectivity index is 2.43. The molecule has 0 aliphatic carbocycles. The van der Waals surface area contributed by atoms with Crippen LogP contribution in [0, 0.1) is 0 Å². The first-order valence-electron chi connectivity index (χ1n) is 3.10. The van der Waals surface area contributed by atoms with Crippen molar-refractivity contribution in [1.82, 2.24) is 10.2 Å². The zero-order valence-corrected chi connectivity index (χ0v) is 8.21. The monoisotopic (exact) mass is 217 g/mol. The Morgan fingerprint density at radius 1 is 1.25 bits per heavy atom. The lowest BCUT2D eigenvalue weighted by atomic mass is 10.5. The average Bonchev–Trinajstić information content (AvgIpc) is 2.58. The molecule has 0 aromatic carbocycles. The number of rotatable bonds is 1. The zero-order chi connectivity index (χ0) is 8.55. The van der Waals surface area contributed by atoms with Crippen molar-refractivity contribution in [3.8, 4) is 9.88 Å². The van der Waals surface area contributed by atoms with Gasteiger partial charge in [-0.2, -0.15) is 0 Å². The van der Waals surface area contributed by atoms with Crippen LogP contribution < -0.4 is 5.73 Å². The van der Waals surface area contributed by atoms with Gasteiger partial charge in [0.2, 0.25) is 5.13 Å². The van der Waals surface area contributed by atoms with Gasteiger partial charge in [0.05, 0.1) is 9.21 Å². The standard InChI is InChI=1S/C6H4ClN3S2/c7-4-2-1-3(11-4)5-9-10-6(8)12-5/h1-2H,(H2,8,10). The van der Waals surface area contributed by atoms with E-state index >= 15 is 0 Å². The Morgan fingerprint density at radius 3 is 2.58 bits per heavy atom. The van der Waals surface area contributed by atoms with E-state index in [1.165, 1.54) is 22.7 Å². The van der Waals surface area contributed by atoms with Gasteiger partial charge >= 0.3 is 0 Å². The summed E-state index contributed by atoms with van der Waals surface area (Å²) in [4.78, 5) is 1.01. The van der Waals surface area contributed by atoms with Gasteiger partial charge in [-0.05, 0) is 12.1 Å². The Morgan fingerprint density at radius 2 is 2.08 bits per heavy atom. The Hall–Kier alpha value is -0.650. The molecule has 0 amide bonds. The van der Waals surface area contributed by atoms with Gasteiger partial charge in [-0.25, -0.2) is 0 Å². The zero-order valence-electron chi connectivity index (χ0n) is 5.82. The lowest BCUT2D eigenvalue weighted by molar-refractivity contribution is 1.11. The molecule has 0 aliphatic heterocycles. The van der Waals surface area contributed by atoms with E-state index in [-0.39, 0.29) is 0 Å². The van der Waals surface area contributed by atoms with Crippen molar-refractivity contribution in [1.29, 1.82) is 0 Å². The second-order valence-corrected chi connectivity index (χ2v) is 4.77. The molecule has 2 aromatic rings. The molecule has 12 heavy (non-hydrogen) atoms. The van der Waals surface area contributed by atoms with Crippen LogP contribution in [0.1, 0.15) is 0 Å². The molecule has 0 saturated heterocycles. The summed E-state index contributed by atoms with van der Waals surface area (Å²) >= 11 is 8.59. The predicted octanol–water partition coefficient (Wildman–Crippen LogP) is 2.50. The van der Waals surface area contributed by atoms with Crippen molar-refractivity contribution < 1.29 is 0 Å². The first-order valence-corrected chi connectivity index (χ1v) is 5.11. The third kappa shape index (κ3) is 1.43. The SMILES string of the molecule is Nc1nnc(-c2ccc(Cl)s2)s1. The molecule has 2 rings (SSSR count). The number of halogens is 1. The van der Waals surface area contributed by atoms with Crippen molar-refractivity contribution >= 4 is 39.4 Å². The van der Waals surface area contributed by atoms with Gasteiger partial charge < -0.3 is 5.73 Å². The molecule has 62 valence electrons. The molecule has 2 heterocycles. The Bertz CT molecular complexity index is 357. The molecule has 0 bridgehead atoms. The summed E-state index contributed by atoms with van der Waals surface area (Å²) in [5, 5.41) is 8.91. The minimum atomic E-state index is 0.481. The van der Waals surface area contributed by atoms with E-state index in [1.54, 1.807) is 0 Å². The maximum absolute atomic E-state index is 5.76. The summed E-state index contributed by atoms with van der Waals surface area (Å²) in [6, 6.07) is 3.74. The van der Waals surface area contributed by atoms with Gasteiger partial charge in [-0.1, -0.05) is 22.9 Å². The first kappa shape index (κ1) is 7.97. The number of hydrogen-bond acceptors (Lipinski definition) is 5. The number of thiophene rings is 1. The van der Waals surface area contributed by atoms with Crippen LogP contribution >= 0.6 is 34.3 Å². The molecule has 3 nitrogen and oxygen atoms in total. The molecule has 0 saturated carbocycles. The largest absolute Gasteiger partial charge is 0.374 e. The third-order valence-electron chi connectivity index (χ3n) is 1.22. The maximum atomic E-state index is 5.76. The number of hydrogen-bond donors (Lipinski definition) is 1. The number of nitrogens with two attached hydrogens (primary N) is 1. The molecular formula is C6H4ClN3S2. The molecule has 0 spiro atoms. The smallest absolute Gasteiger partial charge is 0.203 e. The van der Waals surface area contributed by atoms with Crippen LogP contribution in [-0.4, -0.2) is 10.2 Å². The summed E-state index contributed by atoms with van der Waals surface area (Å²) in [5.74, 6) is 0. The van der Waals surface area contributed by atoms with Gasteiger partial charge in [0.1, 0.15) is 0 Å².